The highest BCUT2D eigenvalue weighted by Crippen LogP contribution is 2.34. The van der Waals surface area contributed by atoms with Gasteiger partial charge >= 0.3 is 6.18 Å². The Morgan fingerprint density at radius 1 is 1.19 bits per heavy atom. The van der Waals surface area contributed by atoms with Gasteiger partial charge in [0.15, 0.2) is 5.82 Å². The van der Waals surface area contributed by atoms with Crippen LogP contribution in [0.15, 0.2) is 30.6 Å². The lowest BCUT2D eigenvalue weighted by Gasteiger charge is -2.12. The fourth-order valence-electron chi connectivity index (χ4n) is 1.63. The van der Waals surface area contributed by atoms with Crippen LogP contribution in [-0.2, 0) is 6.18 Å². The maximum absolute atomic E-state index is 12.7. The first-order chi connectivity index (χ1) is 9.90. The Bertz CT molecular complexity index is 631. The first-order valence-corrected chi connectivity index (χ1v) is 6.47. The van der Waals surface area contributed by atoms with Crippen LogP contribution in [0.2, 0.25) is 5.02 Å². The molecule has 0 aliphatic carbocycles. The van der Waals surface area contributed by atoms with Gasteiger partial charge in [-0.15, -0.1) is 0 Å². The zero-order valence-electron chi connectivity index (χ0n) is 11.0. The average Bonchev–Trinajstić information content (AvgIpc) is 2.41. The van der Waals surface area contributed by atoms with E-state index in [1.54, 1.807) is 0 Å². The van der Waals surface area contributed by atoms with Crippen molar-refractivity contribution in [2.45, 2.75) is 13.1 Å². The van der Waals surface area contributed by atoms with Crippen molar-refractivity contribution in [2.75, 3.05) is 17.2 Å². The number of benzene rings is 1. The molecule has 2 rings (SSSR count). The molecule has 1 aromatic heterocycles. The van der Waals surface area contributed by atoms with Crippen LogP contribution in [0.1, 0.15) is 12.5 Å². The Balaban J connectivity index is 2.28. The van der Waals surface area contributed by atoms with E-state index in [1.807, 2.05) is 6.92 Å². The second-order valence-corrected chi connectivity index (χ2v) is 4.54. The molecule has 4 nitrogen and oxygen atoms in total. The van der Waals surface area contributed by atoms with Gasteiger partial charge in [0.25, 0.3) is 0 Å². The number of hydrogen-bond acceptors (Lipinski definition) is 4. The van der Waals surface area contributed by atoms with E-state index in [9.17, 15) is 13.2 Å². The largest absolute Gasteiger partial charge is 0.416 e. The maximum Gasteiger partial charge on any atom is 0.416 e. The number of hydrogen-bond donors (Lipinski definition) is 2. The van der Waals surface area contributed by atoms with Gasteiger partial charge in [-0.2, -0.15) is 13.2 Å². The van der Waals surface area contributed by atoms with Crippen molar-refractivity contribution in [1.29, 1.82) is 0 Å². The summed E-state index contributed by atoms with van der Waals surface area (Å²) in [6, 6.07) is 3.05. The third-order valence-corrected chi connectivity index (χ3v) is 2.88. The summed E-state index contributed by atoms with van der Waals surface area (Å²) in [5, 5.41) is 5.86. The van der Waals surface area contributed by atoms with Crippen molar-refractivity contribution in [3.63, 3.8) is 0 Å². The Morgan fingerprint density at radius 2 is 1.90 bits per heavy atom. The zero-order valence-corrected chi connectivity index (χ0v) is 11.8. The molecule has 0 aliphatic heterocycles. The van der Waals surface area contributed by atoms with E-state index in [0.29, 0.717) is 18.2 Å². The predicted molar refractivity (Wildman–Crippen MR) is 75.9 cm³/mol. The molecule has 0 amide bonds. The Hall–Kier alpha value is -2.02. The summed E-state index contributed by atoms with van der Waals surface area (Å²) in [6.45, 7) is 2.55. The summed E-state index contributed by atoms with van der Waals surface area (Å²) in [5.41, 5.74) is -0.667. The van der Waals surface area contributed by atoms with Gasteiger partial charge in [-0.25, -0.2) is 4.98 Å². The SMILES string of the molecule is CCNc1cncc(Nc2cc(C(F)(F)F)ccc2Cl)n1. The van der Waals surface area contributed by atoms with E-state index in [0.717, 1.165) is 12.1 Å². The summed E-state index contributed by atoms with van der Waals surface area (Å²) in [5.74, 6) is 0.820. The summed E-state index contributed by atoms with van der Waals surface area (Å²) >= 11 is 5.90. The third kappa shape index (κ3) is 3.98. The maximum atomic E-state index is 12.7. The number of aromatic nitrogens is 2. The first-order valence-electron chi connectivity index (χ1n) is 6.10. The molecule has 2 aromatic rings. The third-order valence-electron chi connectivity index (χ3n) is 2.55. The minimum Gasteiger partial charge on any atom is -0.369 e. The van der Waals surface area contributed by atoms with Crippen LogP contribution < -0.4 is 10.6 Å². The minimum atomic E-state index is -4.43. The lowest BCUT2D eigenvalue weighted by atomic mass is 10.2. The van der Waals surface area contributed by atoms with Crippen LogP contribution in [-0.4, -0.2) is 16.5 Å². The highest BCUT2D eigenvalue weighted by Gasteiger charge is 2.31. The summed E-state index contributed by atoms with van der Waals surface area (Å²) < 4.78 is 38.1. The van der Waals surface area contributed by atoms with E-state index in [-0.39, 0.29) is 10.7 Å². The predicted octanol–water partition coefficient (Wildman–Crippen LogP) is 4.32. The second kappa shape index (κ2) is 6.17. The molecule has 0 fully saturated rings. The van der Waals surface area contributed by atoms with Gasteiger partial charge in [-0.05, 0) is 25.1 Å². The molecule has 0 bridgehead atoms. The van der Waals surface area contributed by atoms with E-state index in [2.05, 4.69) is 20.6 Å². The van der Waals surface area contributed by atoms with Crippen molar-refractivity contribution < 1.29 is 13.2 Å². The molecule has 0 saturated carbocycles. The van der Waals surface area contributed by atoms with Crippen LogP contribution >= 0.6 is 11.6 Å². The van der Waals surface area contributed by atoms with Crippen molar-refractivity contribution in [2.24, 2.45) is 0 Å². The van der Waals surface area contributed by atoms with E-state index in [4.69, 9.17) is 11.6 Å². The second-order valence-electron chi connectivity index (χ2n) is 4.14. The number of alkyl halides is 3. The monoisotopic (exact) mass is 316 g/mol. The lowest BCUT2D eigenvalue weighted by molar-refractivity contribution is -0.137. The van der Waals surface area contributed by atoms with Crippen LogP contribution in [0.5, 0.6) is 0 Å². The first kappa shape index (κ1) is 15.4. The molecule has 1 heterocycles. The van der Waals surface area contributed by atoms with Crippen molar-refractivity contribution >= 4 is 28.9 Å². The Kier molecular flexibility index (Phi) is 4.52. The Morgan fingerprint density at radius 3 is 2.57 bits per heavy atom. The number of rotatable bonds is 4. The van der Waals surface area contributed by atoms with Crippen LogP contribution in [0.4, 0.5) is 30.5 Å². The van der Waals surface area contributed by atoms with Crippen LogP contribution in [0.25, 0.3) is 0 Å². The molecule has 112 valence electrons. The molecule has 0 unspecified atom stereocenters. The van der Waals surface area contributed by atoms with Gasteiger partial charge in [-0.3, -0.25) is 4.98 Å². The normalized spacial score (nSPS) is 11.3. The van der Waals surface area contributed by atoms with Gasteiger partial charge in [-0.1, -0.05) is 11.6 Å². The van der Waals surface area contributed by atoms with Gasteiger partial charge in [0.05, 0.1) is 28.7 Å². The van der Waals surface area contributed by atoms with Crippen LogP contribution in [0.3, 0.4) is 0 Å². The molecule has 0 aliphatic rings. The molecule has 1 aromatic carbocycles. The highest BCUT2D eigenvalue weighted by molar-refractivity contribution is 6.33. The number of nitrogens with zero attached hydrogens (tertiary/aromatic N) is 2. The van der Waals surface area contributed by atoms with Gasteiger partial charge < -0.3 is 10.6 Å². The van der Waals surface area contributed by atoms with Crippen molar-refractivity contribution in [3.8, 4) is 0 Å². The summed E-state index contributed by atoms with van der Waals surface area (Å²) in [4.78, 5) is 8.11. The number of nitrogens with one attached hydrogen (secondary N) is 2. The van der Waals surface area contributed by atoms with Crippen molar-refractivity contribution in [3.05, 3.63) is 41.2 Å². The lowest BCUT2D eigenvalue weighted by Crippen LogP contribution is -2.06. The smallest absolute Gasteiger partial charge is 0.369 e. The van der Waals surface area contributed by atoms with Gasteiger partial charge in [0.1, 0.15) is 5.82 Å². The molecule has 0 saturated heterocycles. The summed E-state index contributed by atoms with van der Waals surface area (Å²) in [6.07, 6.45) is -1.52. The average molecular weight is 317 g/mol. The fourth-order valence-corrected chi connectivity index (χ4v) is 1.79. The van der Waals surface area contributed by atoms with Crippen LogP contribution in [0, 0.1) is 0 Å². The number of halogens is 4. The molecular weight excluding hydrogens is 305 g/mol. The van der Waals surface area contributed by atoms with Crippen molar-refractivity contribution in [1.82, 2.24) is 9.97 Å². The van der Waals surface area contributed by atoms with E-state index >= 15 is 0 Å². The molecular formula is C13H12ClF3N4. The van der Waals surface area contributed by atoms with E-state index < -0.39 is 11.7 Å². The topological polar surface area (TPSA) is 49.8 Å². The molecule has 21 heavy (non-hydrogen) atoms. The molecule has 8 heteroatoms. The molecule has 2 N–H and O–H groups in total. The van der Waals surface area contributed by atoms with Gasteiger partial charge in [0, 0.05) is 6.54 Å². The Labute approximate surface area is 124 Å². The standard InChI is InChI=1S/C13H12ClF3N4/c1-2-19-11-6-18-7-12(21-11)20-10-5-8(13(15,16)17)3-4-9(10)14/h3-7H,2H2,1H3,(H2,19,20,21). The highest BCUT2D eigenvalue weighted by atomic mass is 35.5. The minimum absolute atomic E-state index is 0.120. The molecule has 0 atom stereocenters. The zero-order chi connectivity index (χ0) is 15.5. The number of anilines is 3. The summed E-state index contributed by atoms with van der Waals surface area (Å²) in [7, 11) is 0. The van der Waals surface area contributed by atoms with Gasteiger partial charge in [0.2, 0.25) is 0 Å². The molecule has 0 radical (unpaired) electrons. The van der Waals surface area contributed by atoms with E-state index in [1.165, 1.54) is 18.5 Å². The quantitative estimate of drug-likeness (QED) is 0.881. The molecule has 0 spiro atoms. The fraction of sp³-hybridized carbons (Fsp3) is 0.231.